The molecule has 0 unspecified atom stereocenters. The molecule has 2 amide bonds. The molecule has 7 heteroatoms. The Balaban J connectivity index is 1.37. The van der Waals surface area contributed by atoms with Crippen LogP contribution in [-0.4, -0.2) is 25.0 Å². The van der Waals surface area contributed by atoms with Crippen molar-refractivity contribution in [1.29, 1.82) is 0 Å². The summed E-state index contributed by atoms with van der Waals surface area (Å²) in [5, 5.41) is 6.15. The molecule has 0 spiro atoms. The summed E-state index contributed by atoms with van der Waals surface area (Å²) in [6.07, 6.45) is 0. The predicted octanol–water partition coefficient (Wildman–Crippen LogP) is 6.30. The molecule has 0 bridgehead atoms. The number of amides is 2. The van der Waals surface area contributed by atoms with Crippen LogP contribution in [0.2, 0.25) is 5.02 Å². The lowest BCUT2D eigenvalue weighted by Gasteiger charge is -2.13. The smallest absolute Gasteiger partial charge is 0.259 e. The van der Waals surface area contributed by atoms with Gasteiger partial charge in [0.25, 0.3) is 11.8 Å². The van der Waals surface area contributed by atoms with E-state index in [0.717, 1.165) is 5.75 Å². The number of halogens is 1. The third-order valence-corrected chi connectivity index (χ3v) is 5.18. The summed E-state index contributed by atoms with van der Waals surface area (Å²) in [5.74, 6) is 0.528. The standard InChI is InChI=1S/C28H23ClN2O4/c29-21-9-7-11-23(19-21)30-27(32)20-8-6-10-22(18-20)31-28(33)25-14-4-5-15-26(25)35-17-16-34-24-12-2-1-3-13-24/h1-15,18-19H,16-17H2,(H,30,32)(H,31,33). The SMILES string of the molecule is O=C(Nc1cccc(Cl)c1)c1cccc(NC(=O)c2ccccc2OCCOc2ccccc2)c1. The minimum Gasteiger partial charge on any atom is -0.490 e. The highest BCUT2D eigenvalue weighted by Crippen LogP contribution is 2.21. The summed E-state index contributed by atoms with van der Waals surface area (Å²) in [5.41, 5.74) is 1.83. The summed E-state index contributed by atoms with van der Waals surface area (Å²) in [6.45, 7) is 0.613. The maximum absolute atomic E-state index is 13.0. The van der Waals surface area contributed by atoms with Crippen molar-refractivity contribution in [3.8, 4) is 11.5 Å². The Morgan fingerprint density at radius 1 is 0.657 bits per heavy atom. The molecule has 0 fully saturated rings. The molecule has 0 aliphatic rings. The Kier molecular flexibility index (Phi) is 7.99. The van der Waals surface area contributed by atoms with Crippen LogP contribution >= 0.6 is 11.6 Å². The summed E-state index contributed by atoms with van der Waals surface area (Å²) < 4.78 is 11.4. The van der Waals surface area contributed by atoms with Crippen LogP contribution in [0.25, 0.3) is 0 Å². The number of rotatable bonds is 9. The first-order chi connectivity index (χ1) is 17.1. The van der Waals surface area contributed by atoms with E-state index in [1.165, 1.54) is 0 Å². The average Bonchev–Trinajstić information content (AvgIpc) is 2.87. The van der Waals surface area contributed by atoms with Gasteiger partial charge in [-0.15, -0.1) is 0 Å². The molecule has 0 atom stereocenters. The van der Waals surface area contributed by atoms with Crippen LogP contribution in [0.4, 0.5) is 11.4 Å². The second-order valence-corrected chi connectivity index (χ2v) is 7.94. The van der Waals surface area contributed by atoms with Crippen LogP contribution in [0.1, 0.15) is 20.7 Å². The number of hydrogen-bond acceptors (Lipinski definition) is 4. The Morgan fingerprint density at radius 2 is 1.31 bits per heavy atom. The number of ether oxygens (including phenoxy) is 2. The van der Waals surface area contributed by atoms with Gasteiger partial charge in [0.15, 0.2) is 0 Å². The van der Waals surface area contributed by atoms with Crippen molar-refractivity contribution >= 4 is 34.8 Å². The Labute approximate surface area is 208 Å². The van der Waals surface area contributed by atoms with Gasteiger partial charge in [0.05, 0.1) is 5.56 Å². The van der Waals surface area contributed by atoms with E-state index in [9.17, 15) is 9.59 Å². The van der Waals surface area contributed by atoms with E-state index in [2.05, 4.69) is 10.6 Å². The first kappa shape index (κ1) is 23.9. The van der Waals surface area contributed by atoms with Crippen molar-refractivity contribution in [2.45, 2.75) is 0 Å². The highest BCUT2D eigenvalue weighted by molar-refractivity contribution is 6.31. The maximum atomic E-state index is 13.0. The van der Waals surface area contributed by atoms with Gasteiger partial charge < -0.3 is 20.1 Å². The molecular formula is C28H23ClN2O4. The van der Waals surface area contributed by atoms with E-state index in [-0.39, 0.29) is 18.4 Å². The van der Waals surface area contributed by atoms with Crippen molar-refractivity contribution in [3.05, 3.63) is 119 Å². The van der Waals surface area contributed by atoms with E-state index < -0.39 is 0 Å². The maximum Gasteiger partial charge on any atom is 0.259 e. The zero-order chi connectivity index (χ0) is 24.5. The summed E-state index contributed by atoms with van der Waals surface area (Å²) in [7, 11) is 0. The molecule has 176 valence electrons. The van der Waals surface area contributed by atoms with E-state index in [0.29, 0.717) is 39.9 Å². The largest absolute Gasteiger partial charge is 0.490 e. The van der Waals surface area contributed by atoms with Gasteiger partial charge in [0, 0.05) is 22.0 Å². The van der Waals surface area contributed by atoms with E-state index >= 15 is 0 Å². The number of carbonyl (C=O) groups excluding carboxylic acids is 2. The molecule has 4 aromatic carbocycles. The molecule has 0 heterocycles. The highest BCUT2D eigenvalue weighted by atomic mass is 35.5. The molecule has 4 rings (SSSR count). The number of para-hydroxylation sites is 2. The molecular weight excluding hydrogens is 464 g/mol. The fourth-order valence-corrected chi connectivity index (χ4v) is 3.50. The molecule has 35 heavy (non-hydrogen) atoms. The molecule has 0 aromatic heterocycles. The zero-order valence-electron chi connectivity index (χ0n) is 18.7. The molecule has 4 aromatic rings. The molecule has 0 aliphatic carbocycles. The van der Waals surface area contributed by atoms with Crippen LogP contribution < -0.4 is 20.1 Å². The normalized spacial score (nSPS) is 10.3. The van der Waals surface area contributed by atoms with Gasteiger partial charge in [-0.25, -0.2) is 0 Å². The highest BCUT2D eigenvalue weighted by Gasteiger charge is 2.14. The van der Waals surface area contributed by atoms with Crippen molar-refractivity contribution in [1.82, 2.24) is 0 Å². The van der Waals surface area contributed by atoms with Crippen LogP contribution in [-0.2, 0) is 0 Å². The van der Waals surface area contributed by atoms with Crippen molar-refractivity contribution in [2.75, 3.05) is 23.8 Å². The number of hydrogen-bond donors (Lipinski definition) is 2. The number of benzene rings is 4. The van der Waals surface area contributed by atoms with E-state index in [1.807, 2.05) is 30.3 Å². The quantitative estimate of drug-likeness (QED) is 0.272. The van der Waals surface area contributed by atoms with Gasteiger partial charge in [0.2, 0.25) is 0 Å². The van der Waals surface area contributed by atoms with Crippen LogP contribution in [0.3, 0.4) is 0 Å². The lowest BCUT2D eigenvalue weighted by molar-refractivity contribution is 0.101. The first-order valence-corrected chi connectivity index (χ1v) is 11.3. The van der Waals surface area contributed by atoms with Gasteiger partial charge in [-0.2, -0.15) is 0 Å². The van der Waals surface area contributed by atoms with Crippen molar-refractivity contribution < 1.29 is 19.1 Å². The van der Waals surface area contributed by atoms with E-state index in [4.69, 9.17) is 21.1 Å². The third-order valence-electron chi connectivity index (χ3n) is 4.95. The lowest BCUT2D eigenvalue weighted by Crippen LogP contribution is -2.16. The monoisotopic (exact) mass is 486 g/mol. The van der Waals surface area contributed by atoms with Gasteiger partial charge >= 0.3 is 0 Å². The zero-order valence-corrected chi connectivity index (χ0v) is 19.5. The minimum absolute atomic E-state index is 0.276. The second kappa shape index (κ2) is 11.7. The molecule has 0 radical (unpaired) electrons. The average molecular weight is 487 g/mol. The topological polar surface area (TPSA) is 76.7 Å². The summed E-state index contributed by atoms with van der Waals surface area (Å²) in [4.78, 5) is 25.6. The minimum atomic E-state index is -0.350. The lowest BCUT2D eigenvalue weighted by atomic mass is 10.1. The molecule has 2 N–H and O–H groups in total. The fourth-order valence-electron chi connectivity index (χ4n) is 3.31. The van der Waals surface area contributed by atoms with Crippen LogP contribution in [0, 0.1) is 0 Å². The first-order valence-electron chi connectivity index (χ1n) is 11.0. The van der Waals surface area contributed by atoms with Gasteiger partial charge in [-0.05, 0) is 60.7 Å². The third kappa shape index (κ3) is 6.85. The Morgan fingerprint density at radius 3 is 2.11 bits per heavy atom. The summed E-state index contributed by atoms with van der Waals surface area (Å²) >= 11 is 5.98. The van der Waals surface area contributed by atoms with Gasteiger partial charge in [-0.1, -0.05) is 54.1 Å². The van der Waals surface area contributed by atoms with Crippen molar-refractivity contribution in [3.63, 3.8) is 0 Å². The molecule has 0 aliphatic heterocycles. The fraction of sp³-hybridized carbons (Fsp3) is 0.0714. The number of anilines is 2. The van der Waals surface area contributed by atoms with Crippen LogP contribution in [0.5, 0.6) is 11.5 Å². The van der Waals surface area contributed by atoms with Gasteiger partial charge in [0.1, 0.15) is 24.7 Å². The second-order valence-electron chi connectivity index (χ2n) is 7.51. The Bertz CT molecular complexity index is 1310. The summed E-state index contributed by atoms with van der Waals surface area (Å²) in [6, 6.07) is 30.0. The molecule has 0 saturated heterocycles. The predicted molar refractivity (Wildman–Crippen MR) is 138 cm³/mol. The number of nitrogens with one attached hydrogen (secondary N) is 2. The van der Waals surface area contributed by atoms with Gasteiger partial charge in [-0.3, -0.25) is 9.59 Å². The van der Waals surface area contributed by atoms with Crippen molar-refractivity contribution in [2.24, 2.45) is 0 Å². The van der Waals surface area contributed by atoms with Crippen LogP contribution in [0.15, 0.2) is 103 Å². The Hall–Kier alpha value is -4.29. The molecule has 6 nitrogen and oxygen atoms in total. The van der Waals surface area contributed by atoms with E-state index in [1.54, 1.807) is 72.8 Å². The number of carbonyl (C=O) groups is 2. The molecule has 0 saturated carbocycles.